The average Bonchev–Trinajstić information content (AvgIpc) is 2.67. The van der Waals surface area contributed by atoms with Crippen LogP contribution < -0.4 is 0 Å². The van der Waals surface area contributed by atoms with Gasteiger partial charge in [-0.05, 0) is 52.2 Å². The molecule has 0 heterocycles. The maximum Gasteiger partial charge on any atom is 0.0249 e. The summed E-state index contributed by atoms with van der Waals surface area (Å²) in [5, 5.41) is 2.54. The van der Waals surface area contributed by atoms with Crippen molar-refractivity contribution in [1.29, 1.82) is 0 Å². The third kappa shape index (κ3) is 3.07. The molecule has 0 unspecified atom stereocenters. The van der Waals surface area contributed by atoms with Crippen LogP contribution in [0.1, 0.15) is 11.1 Å². The normalized spacial score (nSPS) is 10.2. The minimum absolute atomic E-state index is 1.03. The highest BCUT2D eigenvalue weighted by Gasteiger charge is 1.99. The second-order valence-electron chi connectivity index (χ2n) is 5.76. The Kier molecular flexibility index (Phi) is 3.84. The van der Waals surface area contributed by atoms with E-state index in [1.807, 2.05) is 30.3 Å². The van der Waals surface area contributed by atoms with Crippen molar-refractivity contribution in [3.05, 3.63) is 108 Å². The first-order valence-corrected chi connectivity index (χ1v) is 8.05. The molecular formula is C24H16. The second kappa shape index (κ2) is 6.44. The van der Waals surface area contributed by atoms with Gasteiger partial charge >= 0.3 is 0 Å². The number of hydrogen-bond donors (Lipinski definition) is 0. The zero-order chi connectivity index (χ0) is 16.2. The van der Waals surface area contributed by atoms with E-state index in [0.29, 0.717) is 0 Å². The van der Waals surface area contributed by atoms with Crippen LogP contribution in [-0.2, 0) is 0 Å². The van der Waals surface area contributed by atoms with Crippen molar-refractivity contribution in [2.75, 3.05) is 0 Å². The van der Waals surface area contributed by atoms with Crippen LogP contribution >= 0.6 is 0 Å². The summed E-state index contributed by atoms with van der Waals surface area (Å²) >= 11 is 0. The van der Waals surface area contributed by atoms with Crippen LogP contribution in [0.5, 0.6) is 0 Å². The second-order valence-corrected chi connectivity index (χ2v) is 5.76. The topological polar surface area (TPSA) is 0 Å². The molecule has 112 valence electrons. The summed E-state index contributed by atoms with van der Waals surface area (Å²) in [5.74, 6) is 6.41. The zero-order valence-electron chi connectivity index (χ0n) is 13.2. The van der Waals surface area contributed by atoms with Crippen molar-refractivity contribution in [3.63, 3.8) is 0 Å². The monoisotopic (exact) mass is 304 g/mol. The van der Waals surface area contributed by atoms with Crippen LogP contribution in [0.3, 0.4) is 0 Å². The van der Waals surface area contributed by atoms with E-state index < -0.39 is 0 Å². The molecule has 0 radical (unpaired) electrons. The Labute approximate surface area is 142 Å². The summed E-state index contributed by atoms with van der Waals surface area (Å²) in [5.41, 5.74) is 4.52. The predicted molar refractivity (Wildman–Crippen MR) is 102 cm³/mol. The van der Waals surface area contributed by atoms with Gasteiger partial charge in [-0.15, -0.1) is 0 Å². The molecule has 0 aliphatic rings. The van der Waals surface area contributed by atoms with E-state index in [-0.39, 0.29) is 0 Å². The van der Waals surface area contributed by atoms with Crippen LogP contribution in [0.15, 0.2) is 97.1 Å². The molecule has 0 saturated heterocycles. The Morgan fingerprint density at radius 2 is 1.00 bits per heavy atom. The molecule has 0 fully saturated rings. The van der Waals surface area contributed by atoms with E-state index >= 15 is 0 Å². The van der Waals surface area contributed by atoms with Crippen LogP contribution in [0.4, 0.5) is 0 Å². The summed E-state index contributed by atoms with van der Waals surface area (Å²) < 4.78 is 0. The van der Waals surface area contributed by atoms with Crippen LogP contribution in [0.2, 0.25) is 0 Å². The van der Waals surface area contributed by atoms with Gasteiger partial charge in [0.15, 0.2) is 0 Å². The Morgan fingerprint density at radius 3 is 1.75 bits per heavy atom. The standard InChI is InChI=1S/C24H16/c1-2-6-19(7-3-1)10-11-20-12-14-22(15-13-20)24-17-16-21-8-4-5-9-23(21)18-24/h1-9,12-18H. The third-order valence-corrected chi connectivity index (χ3v) is 4.09. The molecular weight excluding hydrogens is 288 g/mol. The lowest BCUT2D eigenvalue weighted by atomic mass is 10.0. The molecule has 0 aromatic heterocycles. The lowest BCUT2D eigenvalue weighted by molar-refractivity contribution is 1.60. The van der Waals surface area contributed by atoms with Crippen molar-refractivity contribution in [3.8, 4) is 23.0 Å². The van der Waals surface area contributed by atoms with Gasteiger partial charge in [-0.1, -0.05) is 78.6 Å². The highest BCUT2D eigenvalue weighted by Crippen LogP contribution is 2.24. The first-order valence-electron chi connectivity index (χ1n) is 8.05. The molecule has 24 heavy (non-hydrogen) atoms. The van der Waals surface area contributed by atoms with Gasteiger partial charge < -0.3 is 0 Å². The average molecular weight is 304 g/mol. The molecule has 0 bridgehead atoms. The van der Waals surface area contributed by atoms with Crippen molar-refractivity contribution >= 4 is 10.8 Å². The van der Waals surface area contributed by atoms with E-state index in [2.05, 4.69) is 78.6 Å². The summed E-state index contributed by atoms with van der Waals surface area (Å²) in [4.78, 5) is 0. The molecule has 0 aliphatic heterocycles. The van der Waals surface area contributed by atoms with Gasteiger partial charge in [0.05, 0.1) is 0 Å². The molecule has 0 saturated carbocycles. The van der Waals surface area contributed by atoms with E-state index in [1.165, 1.54) is 21.9 Å². The van der Waals surface area contributed by atoms with E-state index in [9.17, 15) is 0 Å². The van der Waals surface area contributed by atoms with Gasteiger partial charge in [-0.25, -0.2) is 0 Å². The minimum atomic E-state index is 1.03. The van der Waals surface area contributed by atoms with Gasteiger partial charge in [0.2, 0.25) is 0 Å². The summed E-state index contributed by atoms with van der Waals surface area (Å²) in [6, 6.07) is 33.5. The molecule has 0 nitrogen and oxygen atoms in total. The van der Waals surface area contributed by atoms with Crippen molar-refractivity contribution < 1.29 is 0 Å². The van der Waals surface area contributed by atoms with Gasteiger partial charge in [0.25, 0.3) is 0 Å². The van der Waals surface area contributed by atoms with E-state index in [0.717, 1.165) is 11.1 Å². The lowest BCUT2D eigenvalue weighted by Crippen LogP contribution is -1.81. The molecule has 4 aromatic carbocycles. The van der Waals surface area contributed by atoms with Crippen LogP contribution in [-0.4, -0.2) is 0 Å². The van der Waals surface area contributed by atoms with Crippen molar-refractivity contribution in [2.45, 2.75) is 0 Å². The highest BCUT2D eigenvalue weighted by molar-refractivity contribution is 5.87. The quantitative estimate of drug-likeness (QED) is 0.384. The largest absolute Gasteiger partial charge is 0.0622 e. The van der Waals surface area contributed by atoms with E-state index in [1.54, 1.807) is 0 Å². The van der Waals surface area contributed by atoms with Crippen molar-refractivity contribution in [2.24, 2.45) is 0 Å². The zero-order valence-corrected chi connectivity index (χ0v) is 13.2. The number of fused-ring (bicyclic) bond motifs is 1. The van der Waals surface area contributed by atoms with Crippen LogP contribution in [0, 0.1) is 11.8 Å². The smallest absolute Gasteiger partial charge is 0.0249 e. The Balaban J connectivity index is 1.62. The third-order valence-electron chi connectivity index (χ3n) is 4.09. The Morgan fingerprint density at radius 1 is 0.417 bits per heavy atom. The molecule has 0 heteroatoms. The first kappa shape index (κ1) is 14.3. The number of benzene rings is 4. The molecule has 0 aliphatic carbocycles. The molecule has 0 atom stereocenters. The van der Waals surface area contributed by atoms with Gasteiger partial charge in [0, 0.05) is 11.1 Å². The fraction of sp³-hybridized carbons (Fsp3) is 0. The van der Waals surface area contributed by atoms with Crippen molar-refractivity contribution in [1.82, 2.24) is 0 Å². The predicted octanol–water partition coefficient (Wildman–Crippen LogP) is 5.91. The molecule has 0 spiro atoms. The summed E-state index contributed by atoms with van der Waals surface area (Å²) in [7, 11) is 0. The minimum Gasteiger partial charge on any atom is -0.0622 e. The first-order chi connectivity index (χ1) is 11.9. The maximum absolute atomic E-state index is 3.22. The fourth-order valence-corrected chi connectivity index (χ4v) is 2.78. The molecule has 4 aromatic rings. The number of hydrogen-bond acceptors (Lipinski definition) is 0. The molecule has 4 rings (SSSR count). The summed E-state index contributed by atoms with van der Waals surface area (Å²) in [6.45, 7) is 0. The van der Waals surface area contributed by atoms with Gasteiger partial charge in [0.1, 0.15) is 0 Å². The van der Waals surface area contributed by atoms with E-state index in [4.69, 9.17) is 0 Å². The van der Waals surface area contributed by atoms with Crippen LogP contribution in [0.25, 0.3) is 21.9 Å². The molecule has 0 N–H and O–H groups in total. The fourth-order valence-electron chi connectivity index (χ4n) is 2.78. The maximum atomic E-state index is 3.22. The van der Waals surface area contributed by atoms with Gasteiger partial charge in [-0.2, -0.15) is 0 Å². The lowest BCUT2D eigenvalue weighted by Gasteiger charge is -2.04. The van der Waals surface area contributed by atoms with Gasteiger partial charge in [-0.3, -0.25) is 0 Å². The highest BCUT2D eigenvalue weighted by atomic mass is 14.0. The molecule has 0 amide bonds. The Hall–Kier alpha value is -3.30. The number of rotatable bonds is 1. The Bertz CT molecular complexity index is 1030. The summed E-state index contributed by atoms with van der Waals surface area (Å²) in [6.07, 6.45) is 0. The SMILES string of the molecule is C(#Cc1ccc(-c2ccc3ccccc3c2)cc1)c1ccccc1.